The Bertz CT molecular complexity index is 1500. The van der Waals surface area contributed by atoms with Gasteiger partial charge in [0, 0.05) is 40.3 Å². The van der Waals surface area contributed by atoms with Crippen molar-refractivity contribution in [1.29, 1.82) is 0 Å². The number of hydrogen-bond acceptors (Lipinski definition) is 7. The van der Waals surface area contributed by atoms with Crippen LogP contribution in [0.5, 0.6) is 11.5 Å². The Morgan fingerprint density at radius 2 is 1.29 bits per heavy atom. The Morgan fingerprint density at radius 3 is 1.71 bits per heavy atom. The van der Waals surface area contributed by atoms with Gasteiger partial charge >= 0.3 is 0 Å². The highest BCUT2D eigenvalue weighted by Crippen LogP contribution is 2.44. The fourth-order valence-electron chi connectivity index (χ4n) is 4.44. The highest BCUT2D eigenvalue weighted by molar-refractivity contribution is 6.05. The number of carbonyl (C=O) groups is 1. The van der Waals surface area contributed by atoms with Gasteiger partial charge in [0.1, 0.15) is 29.0 Å². The van der Waals surface area contributed by atoms with Crippen molar-refractivity contribution in [2.75, 3.05) is 19.5 Å². The normalized spacial score (nSPS) is 11.9. The largest absolute Gasteiger partial charge is 0.493 e. The molecule has 0 unspecified atom stereocenters. The third-order valence-electron chi connectivity index (χ3n) is 6.76. The van der Waals surface area contributed by atoms with Gasteiger partial charge in [0.05, 0.1) is 19.1 Å². The van der Waals surface area contributed by atoms with Gasteiger partial charge in [-0.3, -0.25) is 14.9 Å². The van der Waals surface area contributed by atoms with Gasteiger partial charge in [-0.15, -0.1) is 0 Å². The number of anilines is 1. The van der Waals surface area contributed by atoms with Crippen molar-refractivity contribution in [3.63, 3.8) is 0 Å². The fraction of sp³-hybridized carbons (Fsp3) is 0.344. The highest BCUT2D eigenvalue weighted by Gasteiger charge is 2.31. The second-order valence-corrected chi connectivity index (χ2v) is 11.9. The molecule has 0 bridgehead atoms. The monoisotopic (exact) mass is 560 g/mol. The molecular formula is C32H36N2O7. The first kappa shape index (κ1) is 29.5. The first-order valence-corrected chi connectivity index (χ1v) is 13.2. The lowest BCUT2D eigenvalue weighted by Gasteiger charge is -2.22. The second kappa shape index (κ2) is 11.2. The van der Waals surface area contributed by atoms with Crippen LogP contribution in [0.3, 0.4) is 0 Å². The first-order valence-electron chi connectivity index (χ1n) is 13.2. The standard InChI is InChI=1S/C32H36N2O7/c1-31(2,3)27-15-13-23(40-27)29(24-14-16-28(41-24)32(4,5)6)21-17-25(38-7)26(39-8)18-22(21)33-30(35)19-9-11-20(12-10-19)34(36)37/h9-18,29H,1-8H3,(H,33,35). The van der Waals surface area contributed by atoms with Crippen molar-refractivity contribution in [2.24, 2.45) is 0 Å². The van der Waals surface area contributed by atoms with Crippen LogP contribution in [0, 0.1) is 10.1 Å². The lowest BCUT2D eigenvalue weighted by atomic mass is 9.91. The molecule has 216 valence electrons. The molecule has 4 aromatic rings. The molecular weight excluding hydrogens is 524 g/mol. The van der Waals surface area contributed by atoms with Crippen LogP contribution in [-0.2, 0) is 10.8 Å². The Kier molecular flexibility index (Phi) is 8.01. The summed E-state index contributed by atoms with van der Waals surface area (Å²) in [7, 11) is 3.06. The molecule has 0 aliphatic rings. The number of non-ortho nitro benzene ring substituents is 1. The smallest absolute Gasteiger partial charge is 0.269 e. The molecule has 0 radical (unpaired) electrons. The Hall–Kier alpha value is -4.53. The average Bonchev–Trinajstić information content (AvgIpc) is 3.60. The van der Waals surface area contributed by atoms with Gasteiger partial charge < -0.3 is 23.6 Å². The Morgan fingerprint density at radius 1 is 0.805 bits per heavy atom. The predicted molar refractivity (Wildman–Crippen MR) is 156 cm³/mol. The van der Waals surface area contributed by atoms with Gasteiger partial charge in [0.25, 0.3) is 11.6 Å². The number of nitro groups is 1. The fourth-order valence-corrected chi connectivity index (χ4v) is 4.44. The van der Waals surface area contributed by atoms with Gasteiger partial charge in [-0.05, 0) is 48.0 Å². The third-order valence-corrected chi connectivity index (χ3v) is 6.76. The maximum absolute atomic E-state index is 13.4. The summed E-state index contributed by atoms with van der Waals surface area (Å²) >= 11 is 0. The zero-order chi connectivity index (χ0) is 30.1. The number of ether oxygens (including phenoxy) is 2. The summed E-state index contributed by atoms with van der Waals surface area (Å²) in [6.45, 7) is 12.4. The minimum Gasteiger partial charge on any atom is -0.493 e. The molecule has 0 saturated carbocycles. The predicted octanol–water partition coefficient (Wildman–Crippen LogP) is 7.83. The molecule has 9 heteroatoms. The molecule has 0 spiro atoms. The maximum atomic E-state index is 13.4. The van der Waals surface area contributed by atoms with Gasteiger partial charge in [0.2, 0.25) is 0 Å². The molecule has 2 aromatic carbocycles. The lowest BCUT2D eigenvalue weighted by Crippen LogP contribution is -2.16. The quantitative estimate of drug-likeness (QED) is 0.172. The van der Waals surface area contributed by atoms with E-state index in [0.29, 0.717) is 34.3 Å². The molecule has 9 nitrogen and oxygen atoms in total. The van der Waals surface area contributed by atoms with E-state index in [4.69, 9.17) is 18.3 Å². The first-order chi connectivity index (χ1) is 19.2. The Balaban J connectivity index is 1.89. The van der Waals surface area contributed by atoms with Crippen molar-refractivity contribution >= 4 is 17.3 Å². The zero-order valence-corrected chi connectivity index (χ0v) is 24.7. The van der Waals surface area contributed by atoms with Crippen LogP contribution in [-0.4, -0.2) is 25.1 Å². The van der Waals surface area contributed by atoms with Gasteiger partial charge in [-0.1, -0.05) is 41.5 Å². The number of methoxy groups -OCH3 is 2. The third kappa shape index (κ3) is 6.29. The molecule has 2 aromatic heterocycles. The molecule has 0 fully saturated rings. The summed E-state index contributed by atoms with van der Waals surface area (Å²) in [6.07, 6.45) is 0. The summed E-state index contributed by atoms with van der Waals surface area (Å²) in [5, 5.41) is 14.0. The second-order valence-electron chi connectivity index (χ2n) is 11.9. The Labute approximate surface area is 239 Å². The molecule has 1 N–H and O–H groups in total. The van der Waals surface area contributed by atoms with E-state index in [9.17, 15) is 14.9 Å². The number of amides is 1. The number of nitrogens with one attached hydrogen (secondary N) is 1. The van der Waals surface area contributed by atoms with Crippen LogP contribution < -0.4 is 14.8 Å². The van der Waals surface area contributed by atoms with Crippen LogP contribution >= 0.6 is 0 Å². The summed E-state index contributed by atoms with van der Waals surface area (Å²) in [4.78, 5) is 23.9. The molecule has 1 amide bonds. The minimum absolute atomic E-state index is 0.103. The minimum atomic E-state index is -0.547. The maximum Gasteiger partial charge on any atom is 0.269 e. The van der Waals surface area contributed by atoms with Crippen LogP contribution in [0.1, 0.15) is 86.4 Å². The molecule has 0 saturated heterocycles. The van der Waals surface area contributed by atoms with Crippen LogP contribution in [0.15, 0.2) is 69.5 Å². The SMILES string of the molecule is COc1cc(NC(=O)c2ccc([N+](=O)[O-])cc2)c(C(c2ccc(C(C)(C)C)o2)c2ccc(C(C)(C)C)o2)cc1OC. The van der Waals surface area contributed by atoms with Gasteiger partial charge in [-0.25, -0.2) is 0 Å². The topological polar surface area (TPSA) is 117 Å². The number of hydrogen-bond donors (Lipinski definition) is 1. The van der Waals surface area contributed by atoms with E-state index in [-0.39, 0.29) is 22.1 Å². The molecule has 4 rings (SSSR count). The number of furan rings is 2. The number of nitrogens with zero attached hydrogens (tertiary/aromatic N) is 1. The summed E-state index contributed by atoms with van der Waals surface area (Å²) in [5.41, 5.74) is 0.795. The van der Waals surface area contributed by atoms with E-state index in [1.54, 1.807) is 19.2 Å². The zero-order valence-electron chi connectivity index (χ0n) is 24.7. The van der Waals surface area contributed by atoms with Crippen molar-refractivity contribution < 1.29 is 28.0 Å². The average molecular weight is 561 g/mol. The molecule has 41 heavy (non-hydrogen) atoms. The molecule has 2 heterocycles. The van der Waals surface area contributed by atoms with Gasteiger partial charge in [0.15, 0.2) is 11.5 Å². The summed E-state index contributed by atoms with van der Waals surface area (Å²) < 4.78 is 24.0. The van der Waals surface area contributed by atoms with Crippen LogP contribution in [0.2, 0.25) is 0 Å². The van der Waals surface area contributed by atoms with E-state index in [0.717, 1.165) is 11.5 Å². The molecule has 0 aliphatic carbocycles. The number of nitro benzene ring substituents is 1. The van der Waals surface area contributed by atoms with E-state index < -0.39 is 16.7 Å². The van der Waals surface area contributed by atoms with Crippen molar-refractivity contribution in [1.82, 2.24) is 0 Å². The van der Waals surface area contributed by atoms with Crippen LogP contribution in [0.25, 0.3) is 0 Å². The summed E-state index contributed by atoms with van der Waals surface area (Å²) in [6, 6.07) is 16.6. The van der Waals surface area contributed by atoms with E-state index in [1.807, 2.05) is 24.3 Å². The van der Waals surface area contributed by atoms with Crippen molar-refractivity contribution in [3.8, 4) is 11.5 Å². The molecule has 0 aliphatic heterocycles. The highest BCUT2D eigenvalue weighted by atomic mass is 16.6. The van der Waals surface area contributed by atoms with E-state index >= 15 is 0 Å². The number of rotatable bonds is 8. The number of benzene rings is 2. The molecule has 0 atom stereocenters. The van der Waals surface area contributed by atoms with E-state index in [1.165, 1.54) is 31.4 Å². The van der Waals surface area contributed by atoms with Crippen molar-refractivity contribution in [2.45, 2.75) is 58.3 Å². The van der Waals surface area contributed by atoms with Gasteiger partial charge in [-0.2, -0.15) is 0 Å². The number of carbonyl (C=O) groups excluding carboxylic acids is 1. The lowest BCUT2D eigenvalue weighted by molar-refractivity contribution is -0.384. The van der Waals surface area contributed by atoms with E-state index in [2.05, 4.69) is 46.9 Å². The van der Waals surface area contributed by atoms with Crippen molar-refractivity contribution in [3.05, 3.63) is 105 Å². The summed E-state index contributed by atoms with van der Waals surface area (Å²) in [5.74, 6) is 2.75. The van der Waals surface area contributed by atoms with Crippen LogP contribution in [0.4, 0.5) is 11.4 Å².